The van der Waals surface area contributed by atoms with Crippen molar-refractivity contribution in [3.63, 3.8) is 0 Å². The topological polar surface area (TPSA) is 122 Å². The summed E-state index contributed by atoms with van der Waals surface area (Å²) in [5.41, 5.74) is -0.875. The second kappa shape index (κ2) is 8.81. The van der Waals surface area contributed by atoms with Crippen LogP contribution in [0.2, 0.25) is 0 Å². The summed E-state index contributed by atoms with van der Waals surface area (Å²) in [7, 11) is -3.60. The van der Waals surface area contributed by atoms with Crippen LogP contribution >= 0.6 is 0 Å². The van der Waals surface area contributed by atoms with Crippen molar-refractivity contribution in [2.75, 3.05) is 19.4 Å². The third-order valence-electron chi connectivity index (χ3n) is 5.79. The summed E-state index contributed by atoms with van der Waals surface area (Å²) in [4.78, 5) is 0. The number of ether oxygens (including phenoxy) is 6. The molecule has 6 atom stereocenters. The summed E-state index contributed by atoms with van der Waals surface area (Å²) < 4.78 is 62.2. The number of fused-ring (bicyclic) bond motifs is 3. The van der Waals surface area contributed by atoms with Crippen molar-refractivity contribution >= 4 is 10.0 Å². The molecule has 0 amide bonds. The Labute approximate surface area is 194 Å². The van der Waals surface area contributed by atoms with Gasteiger partial charge in [-0.15, -0.1) is 0 Å². The van der Waals surface area contributed by atoms with Gasteiger partial charge in [-0.3, -0.25) is 0 Å². The Morgan fingerprint density at radius 1 is 1.00 bits per heavy atom. The summed E-state index contributed by atoms with van der Waals surface area (Å²) in [6.07, 6.45) is -2.74. The van der Waals surface area contributed by atoms with Crippen LogP contribution in [0.5, 0.6) is 0 Å². The van der Waals surface area contributed by atoms with E-state index in [1.54, 1.807) is 27.7 Å². The van der Waals surface area contributed by atoms with E-state index in [0.29, 0.717) is 0 Å². The highest BCUT2D eigenvalue weighted by Gasteiger charge is 2.64. The molecule has 3 fully saturated rings. The van der Waals surface area contributed by atoms with Crippen LogP contribution in [0.1, 0.15) is 33.3 Å². The minimum Gasteiger partial charge on any atom is -0.383 e. The molecular formula is C22H33NO9S. The average Bonchev–Trinajstić information content (AvgIpc) is 3.20. The predicted octanol–water partition coefficient (Wildman–Crippen LogP) is 0.880. The summed E-state index contributed by atoms with van der Waals surface area (Å²) in [5.74, 6) is -1.88. The lowest BCUT2D eigenvalue weighted by atomic mass is 9.86. The summed E-state index contributed by atoms with van der Waals surface area (Å²) in [6.45, 7) is 6.71. The second-order valence-electron chi connectivity index (χ2n) is 9.77. The van der Waals surface area contributed by atoms with Gasteiger partial charge in [-0.05, 0) is 33.3 Å². The van der Waals surface area contributed by atoms with Gasteiger partial charge in [0.1, 0.15) is 30.0 Å². The molecule has 0 saturated carbocycles. The molecule has 3 aliphatic heterocycles. The molecule has 0 spiro atoms. The van der Waals surface area contributed by atoms with Gasteiger partial charge in [0.25, 0.3) is 0 Å². The summed E-state index contributed by atoms with van der Waals surface area (Å²) >= 11 is 0. The van der Waals surface area contributed by atoms with Crippen LogP contribution in [0.25, 0.3) is 0 Å². The van der Waals surface area contributed by atoms with Crippen LogP contribution < -0.4 is 4.72 Å². The monoisotopic (exact) mass is 487 g/mol. The van der Waals surface area contributed by atoms with Gasteiger partial charge in [0.15, 0.2) is 17.9 Å². The zero-order chi connectivity index (χ0) is 24.1. The molecule has 0 unspecified atom stereocenters. The fraction of sp³-hybridized carbons (Fsp3) is 0.727. The molecule has 186 valence electrons. The molecule has 1 aromatic carbocycles. The van der Waals surface area contributed by atoms with E-state index in [1.807, 2.05) is 30.3 Å². The molecule has 3 aliphatic rings. The average molecular weight is 488 g/mol. The molecule has 10 nitrogen and oxygen atoms in total. The Morgan fingerprint density at radius 3 is 2.27 bits per heavy atom. The summed E-state index contributed by atoms with van der Waals surface area (Å²) in [5, 5.41) is 11.7. The zero-order valence-corrected chi connectivity index (χ0v) is 20.3. The quantitative estimate of drug-likeness (QED) is 0.550. The Bertz CT molecular complexity index is 938. The van der Waals surface area contributed by atoms with Crippen LogP contribution in [0.3, 0.4) is 0 Å². The normalized spacial score (nSPS) is 34.4. The van der Waals surface area contributed by atoms with Crippen molar-refractivity contribution in [1.29, 1.82) is 0 Å². The summed E-state index contributed by atoms with van der Waals surface area (Å²) in [6, 6.07) is 9.46. The second-order valence-corrected chi connectivity index (χ2v) is 11.6. The van der Waals surface area contributed by atoms with E-state index < -0.39 is 57.9 Å². The Morgan fingerprint density at radius 2 is 1.61 bits per heavy atom. The Balaban J connectivity index is 1.59. The van der Waals surface area contributed by atoms with Crippen LogP contribution in [0.4, 0.5) is 0 Å². The first-order valence-electron chi connectivity index (χ1n) is 10.9. The fourth-order valence-electron chi connectivity index (χ4n) is 4.45. The Kier molecular flexibility index (Phi) is 6.66. The first kappa shape index (κ1) is 25.0. The molecule has 3 heterocycles. The lowest BCUT2D eigenvalue weighted by Crippen LogP contribution is -2.66. The largest absolute Gasteiger partial charge is 0.383 e. The molecular weight excluding hydrogens is 454 g/mol. The predicted molar refractivity (Wildman–Crippen MR) is 116 cm³/mol. The van der Waals surface area contributed by atoms with Crippen molar-refractivity contribution in [3.05, 3.63) is 35.9 Å². The van der Waals surface area contributed by atoms with Crippen molar-refractivity contribution in [1.82, 2.24) is 4.72 Å². The van der Waals surface area contributed by atoms with Crippen LogP contribution in [0.15, 0.2) is 30.3 Å². The van der Waals surface area contributed by atoms with Crippen LogP contribution in [-0.4, -0.2) is 80.8 Å². The van der Waals surface area contributed by atoms with Gasteiger partial charge in [0.05, 0.1) is 19.5 Å². The number of nitrogens with one attached hydrogen (secondary N) is 1. The Hall–Kier alpha value is -1.15. The number of aliphatic hydroxyl groups is 1. The smallest absolute Gasteiger partial charge is 0.208 e. The minimum absolute atomic E-state index is 0.219. The van der Waals surface area contributed by atoms with Gasteiger partial charge in [-0.25, -0.2) is 13.1 Å². The van der Waals surface area contributed by atoms with Gasteiger partial charge in [-0.2, -0.15) is 0 Å². The molecule has 0 aliphatic carbocycles. The lowest BCUT2D eigenvalue weighted by molar-refractivity contribution is -0.279. The van der Waals surface area contributed by atoms with E-state index in [9.17, 15) is 13.5 Å². The van der Waals surface area contributed by atoms with Crippen LogP contribution in [-0.2, 0) is 45.1 Å². The third-order valence-corrected chi connectivity index (χ3v) is 6.46. The van der Waals surface area contributed by atoms with E-state index in [4.69, 9.17) is 28.4 Å². The van der Waals surface area contributed by atoms with Gasteiger partial charge < -0.3 is 33.5 Å². The van der Waals surface area contributed by atoms with E-state index in [-0.39, 0.29) is 19.8 Å². The molecule has 3 saturated heterocycles. The maximum Gasteiger partial charge on any atom is 0.208 e. The van der Waals surface area contributed by atoms with Crippen LogP contribution in [0, 0.1) is 0 Å². The standard InChI is InChI=1S/C22H33NO9S/c1-20(2)29-15-16(30-20)18(28-19-17(15)31-21(3,4)32-19)22(24,12-23-33(5,25)26)13-27-11-14-9-7-6-8-10-14/h6-10,15-19,23-24H,11-13H2,1-5H3/t15-,16+,17+,18-,19+,22+/m0/s1. The molecule has 4 rings (SSSR count). The third kappa shape index (κ3) is 5.75. The highest BCUT2D eigenvalue weighted by Crippen LogP contribution is 2.46. The number of benzene rings is 1. The highest BCUT2D eigenvalue weighted by molar-refractivity contribution is 7.88. The van der Waals surface area contributed by atoms with Gasteiger partial charge in [-0.1, -0.05) is 30.3 Å². The van der Waals surface area contributed by atoms with Crippen molar-refractivity contribution < 1.29 is 41.9 Å². The molecule has 0 aromatic heterocycles. The number of hydrogen-bond acceptors (Lipinski definition) is 9. The molecule has 0 bridgehead atoms. The van der Waals surface area contributed by atoms with E-state index >= 15 is 0 Å². The van der Waals surface area contributed by atoms with Crippen molar-refractivity contribution in [2.45, 2.75) is 82.2 Å². The maximum absolute atomic E-state index is 11.9. The molecule has 0 radical (unpaired) electrons. The lowest BCUT2D eigenvalue weighted by Gasteiger charge is -2.45. The molecule has 2 N–H and O–H groups in total. The molecule has 11 heteroatoms. The van der Waals surface area contributed by atoms with Gasteiger partial charge in [0, 0.05) is 6.54 Å². The van der Waals surface area contributed by atoms with E-state index in [0.717, 1.165) is 11.8 Å². The highest BCUT2D eigenvalue weighted by atomic mass is 32.2. The SMILES string of the molecule is CC1(C)O[C@H]2[C@@H](O1)[C@@H]([C@@](O)(CNS(C)(=O)=O)COCc1ccccc1)O[C@@H]1OC(C)(C)O[C@@H]12. The van der Waals surface area contributed by atoms with Crippen molar-refractivity contribution in [3.8, 4) is 0 Å². The van der Waals surface area contributed by atoms with Gasteiger partial charge in [0.2, 0.25) is 10.0 Å². The minimum atomic E-state index is -3.60. The van der Waals surface area contributed by atoms with Crippen molar-refractivity contribution in [2.24, 2.45) is 0 Å². The first-order chi connectivity index (χ1) is 15.3. The number of rotatable bonds is 8. The maximum atomic E-state index is 11.9. The van der Waals surface area contributed by atoms with E-state index in [1.165, 1.54) is 0 Å². The van der Waals surface area contributed by atoms with E-state index in [2.05, 4.69) is 4.72 Å². The number of sulfonamides is 1. The fourth-order valence-corrected chi connectivity index (χ4v) is 4.97. The van der Waals surface area contributed by atoms with Gasteiger partial charge >= 0.3 is 0 Å². The molecule has 1 aromatic rings. The first-order valence-corrected chi connectivity index (χ1v) is 12.8. The molecule has 33 heavy (non-hydrogen) atoms. The number of hydrogen-bond donors (Lipinski definition) is 2. The zero-order valence-electron chi connectivity index (χ0n) is 19.5.